The van der Waals surface area contributed by atoms with Gasteiger partial charge in [-0.2, -0.15) is 0 Å². The van der Waals surface area contributed by atoms with E-state index in [-0.39, 0.29) is 17.5 Å². The molecule has 1 aliphatic carbocycles. The number of pyridine rings is 1. The Bertz CT molecular complexity index is 1710. The summed E-state index contributed by atoms with van der Waals surface area (Å²) in [4.78, 5) is 36.7. The van der Waals surface area contributed by atoms with E-state index in [1.807, 2.05) is 57.2 Å². The zero-order valence-corrected chi connectivity index (χ0v) is 25.2. The minimum absolute atomic E-state index is 0.0141. The van der Waals surface area contributed by atoms with Crippen LogP contribution in [0.3, 0.4) is 0 Å². The molecule has 12 heteroatoms. The molecule has 0 atom stereocenters. The molecule has 4 aromatic rings. The molecule has 2 heterocycles. The highest BCUT2D eigenvalue weighted by atomic mass is 32.1. The topological polar surface area (TPSA) is 140 Å². The van der Waals surface area contributed by atoms with E-state index in [0.29, 0.717) is 38.5 Å². The number of aromatic nitrogens is 2. The number of carbonyl (C=O) groups excluding carboxylic acids is 2. The van der Waals surface area contributed by atoms with Gasteiger partial charge in [-0.05, 0) is 55.3 Å². The molecule has 1 aliphatic rings. The fourth-order valence-corrected chi connectivity index (χ4v) is 4.89. The van der Waals surface area contributed by atoms with E-state index in [2.05, 4.69) is 25.9 Å². The average Bonchev–Trinajstić information content (AvgIpc) is 3.74. The number of hydrogen-bond donors (Lipinski definition) is 5. The summed E-state index contributed by atoms with van der Waals surface area (Å²) in [6.07, 6.45) is 3.41. The van der Waals surface area contributed by atoms with Crippen molar-refractivity contribution in [2.75, 3.05) is 22.6 Å². The predicted octanol–water partition coefficient (Wildman–Crippen LogP) is 5.87. The highest BCUT2D eigenvalue weighted by Crippen LogP contribution is 2.33. The number of nitrogens with two attached hydrogens (primary N) is 1. The minimum Gasteiger partial charge on any atom is -0.329 e. The fourth-order valence-electron chi connectivity index (χ4n) is 4.05. The van der Waals surface area contributed by atoms with Gasteiger partial charge in [0.15, 0.2) is 5.13 Å². The Morgan fingerprint density at radius 3 is 2.51 bits per heavy atom. The molecule has 1 fully saturated rings. The van der Waals surface area contributed by atoms with Crippen molar-refractivity contribution in [2.45, 2.75) is 33.6 Å². The molecule has 0 radical (unpaired) electrons. The summed E-state index contributed by atoms with van der Waals surface area (Å²) in [5.41, 5.74) is 1.98. The summed E-state index contributed by atoms with van der Waals surface area (Å²) in [5.74, 6) is 0.439. The number of thiazole rings is 1. The van der Waals surface area contributed by atoms with Crippen molar-refractivity contribution in [2.24, 2.45) is 11.3 Å². The molecule has 43 heavy (non-hydrogen) atoms. The van der Waals surface area contributed by atoms with Crippen LogP contribution in [-0.4, -0.2) is 34.7 Å². The van der Waals surface area contributed by atoms with E-state index in [0.717, 1.165) is 18.5 Å². The standard InChI is InChI=1S/C31H33FN8O2S/c1-31(2,3)24(33)17-25(34-19-8-6-5-7-9-19)37-29(42)35-23-16-20(12-13-21(23)32)40(4)26-15-14-22-28(38-26)43-30(36-22)39-27(41)18-10-11-18/h5-9,12-18,33-34H,10-11H2,1-4H3,(H2,35,37,42)(H,36,39,41)/p+1. The lowest BCUT2D eigenvalue weighted by molar-refractivity contribution is -0.522. The van der Waals surface area contributed by atoms with Crippen LogP contribution < -0.4 is 26.2 Å². The predicted molar refractivity (Wildman–Crippen MR) is 169 cm³/mol. The van der Waals surface area contributed by atoms with Crippen LogP contribution in [0.15, 0.2) is 72.6 Å². The van der Waals surface area contributed by atoms with Crippen molar-refractivity contribution < 1.29 is 19.3 Å². The van der Waals surface area contributed by atoms with Crippen LogP contribution in [0, 0.1) is 22.6 Å². The molecule has 5 rings (SSSR count). The number of rotatable bonds is 9. The molecule has 0 aliphatic heterocycles. The Hall–Kier alpha value is -4.68. The summed E-state index contributed by atoms with van der Waals surface area (Å²) in [7, 11) is 1.79. The van der Waals surface area contributed by atoms with Crippen molar-refractivity contribution >= 4 is 67.3 Å². The van der Waals surface area contributed by atoms with Crippen LogP contribution in [0.2, 0.25) is 0 Å². The second kappa shape index (κ2) is 12.3. The van der Waals surface area contributed by atoms with Gasteiger partial charge in [0.2, 0.25) is 11.7 Å². The van der Waals surface area contributed by atoms with Gasteiger partial charge >= 0.3 is 6.03 Å². The van der Waals surface area contributed by atoms with Gasteiger partial charge < -0.3 is 20.9 Å². The molecule has 2 aromatic heterocycles. The second-order valence-corrected chi connectivity index (χ2v) is 12.4. The summed E-state index contributed by atoms with van der Waals surface area (Å²) in [6, 6.07) is 16.8. The van der Waals surface area contributed by atoms with Gasteiger partial charge in [0.05, 0.1) is 5.69 Å². The molecular formula is C31H34FN8O2S+. The van der Waals surface area contributed by atoms with Gasteiger partial charge in [-0.1, -0.05) is 50.3 Å². The van der Waals surface area contributed by atoms with Crippen LogP contribution in [0.5, 0.6) is 0 Å². The highest BCUT2D eigenvalue weighted by Gasteiger charge is 2.30. The van der Waals surface area contributed by atoms with Gasteiger partial charge in [0.25, 0.3) is 0 Å². The molecule has 1 saturated carbocycles. The number of quaternary nitrogens is 1. The number of nitrogens with zero attached hydrogens (tertiary/aromatic N) is 3. The Kier molecular flexibility index (Phi) is 8.51. The molecule has 0 unspecified atom stereocenters. The largest absolute Gasteiger partial charge is 0.329 e. The molecule has 10 nitrogen and oxygen atoms in total. The number of carbonyl (C=O) groups is 2. The molecule has 0 saturated heterocycles. The zero-order chi connectivity index (χ0) is 30.7. The Labute approximate surface area is 252 Å². The van der Waals surface area contributed by atoms with E-state index < -0.39 is 17.3 Å². The maximum Gasteiger partial charge on any atom is 0.327 e. The van der Waals surface area contributed by atoms with Gasteiger partial charge in [0, 0.05) is 35.9 Å². The van der Waals surface area contributed by atoms with Crippen LogP contribution in [-0.2, 0) is 4.79 Å². The number of benzene rings is 2. The lowest BCUT2D eigenvalue weighted by Crippen LogP contribution is -2.79. The van der Waals surface area contributed by atoms with Gasteiger partial charge in [-0.15, -0.1) is 0 Å². The normalized spacial score (nSPS) is 13.5. The Morgan fingerprint density at radius 2 is 1.81 bits per heavy atom. The number of nitrogens with one attached hydrogen (secondary N) is 4. The van der Waals surface area contributed by atoms with Crippen LogP contribution in [0.4, 0.5) is 37.2 Å². The van der Waals surface area contributed by atoms with Gasteiger partial charge in [0.1, 0.15) is 27.7 Å². The van der Waals surface area contributed by atoms with Crippen LogP contribution >= 0.6 is 11.3 Å². The first-order chi connectivity index (χ1) is 20.5. The van der Waals surface area contributed by atoms with Crippen molar-refractivity contribution in [3.63, 3.8) is 0 Å². The SMILES string of the molecule is CN(c1ccc(F)c(NC(=O)NC(=CC(=N)C(C)(C)C)[NH2+]c2ccccc2)c1)c1ccc2nc(NC(=O)C3CC3)sc2n1. The van der Waals surface area contributed by atoms with E-state index in [1.54, 1.807) is 35.5 Å². The highest BCUT2D eigenvalue weighted by molar-refractivity contribution is 7.22. The smallest absolute Gasteiger partial charge is 0.327 e. The summed E-state index contributed by atoms with van der Waals surface area (Å²) < 4.78 is 14.8. The molecule has 222 valence electrons. The summed E-state index contributed by atoms with van der Waals surface area (Å²) >= 11 is 1.29. The van der Waals surface area contributed by atoms with E-state index in [9.17, 15) is 14.0 Å². The Morgan fingerprint density at radius 1 is 1.07 bits per heavy atom. The van der Waals surface area contributed by atoms with Crippen molar-refractivity contribution in [1.82, 2.24) is 15.3 Å². The minimum atomic E-state index is -0.649. The number of halogens is 1. The van der Waals surface area contributed by atoms with E-state index >= 15 is 0 Å². The molecule has 2 aromatic carbocycles. The third-order valence-electron chi connectivity index (χ3n) is 6.84. The fraction of sp³-hybridized carbons (Fsp3) is 0.258. The number of amides is 3. The Balaban J connectivity index is 1.31. The first-order valence-corrected chi connectivity index (χ1v) is 14.7. The maximum atomic E-state index is 14.8. The zero-order valence-electron chi connectivity index (χ0n) is 24.4. The third kappa shape index (κ3) is 7.59. The lowest BCUT2D eigenvalue weighted by atomic mass is 9.90. The van der Waals surface area contributed by atoms with Crippen LogP contribution in [0.1, 0.15) is 33.6 Å². The average molecular weight is 602 g/mol. The number of urea groups is 1. The van der Waals surface area contributed by atoms with Crippen molar-refractivity contribution in [3.05, 3.63) is 78.4 Å². The number of allylic oxidation sites excluding steroid dienone is 1. The molecule has 0 spiro atoms. The van der Waals surface area contributed by atoms with Crippen molar-refractivity contribution in [3.8, 4) is 0 Å². The van der Waals surface area contributed by atoms with Crippen molar-refractivity contribution in [1.29, 1.82) is 5.41 Å². The summed E-state index contributed by atoms with van der Waals surface area (Å²) in [6.45, 7) is 5.74. The maximum absolute atomic E-state index is 14.8. The van der Waals surface area contributed by atoms with E-state index in [4.69, 9.17) is 5.41 Å². The number of hydrogen-bond acceptors (Lipinski definition) is 7. The first-order valence-electron chi connectivity index (χ1n) is 13.9. The first kappa shape index (κ1) is 29.8. The molecule has 0 bridgehead atoms. The third-order valence-corrected chi connectivity index (χ3v) is 7.72. The van der Waals surface area contributed by atoms with E-state index in [1.165, 1.54) is 23.5 Å². The molecule has 3 amide bonds. The summed E-state index contributed by atoms with van der Waals surface area (Å²) in [5, 5.41) is 18.9. The van der Waals surface area contributed by atoms with Gasteiger partial charge in [-0.25, -0.2) is 19.2 Å². The lowest BCUT2D eigenvalue weighted by Gasteiger charge is -2.20. The molecular weight excluding hydrogens is 567 g/mol. The monoisotopic (exact) mass is 601 g/mol. The van der Waals surface area contributed by atoms with Gasteiger partial charge in [-0.3, -0.25) is 15.4 Å². The number of anilines is 4. The quantitative estimate of drug-likeness (QED) is 0.121. The second-order valence-electron chi connectivity index (χ2n) is 11.4. The number of para-hydroxylation sites is 1. The molecule has 6 N–H and O–H groups in total. The number of fused-ring (bicyclic) bond motifs is 1. The van der Waals surface area contributed by atoms with Crippen LogP contribution in [0.25, 0.3) is 10.3 Å².